The van der Waals surface area contributed by atoms with E-state index >= 15 is 0 Å². The maximum Gasteiger partial charge on any atom is 0.290 e. The fourth-order valence-corrected chi connectivity index (χ4v) is 5.36. The van der Waals surface area contributed by atoms with Gasteiger partial charge in [0.15, 0.2) is 11.5 Å². The van der Waals surface area contributed by atoms with Crippen molar-refractivity contribution < 1.29 is 23.8 Å². The van der Waals surface area contributed by atoms with Crippen LogP contribution in [0.5, 0.6) is 5.75 Å². The summed E-state index contributed by atoms with van der Waals surface area (Å²) in [6.45, 7) is 1.48. The maximum absolute atomic E-state index is 13.7. The molecule has 3 aliphatic rings. The summed E-state index contributed by atoms with van der Waals surface area (Å²) in [5.74, 6) is 0.697. The van der Waals surface area contributed by atoms with Crippen LogP contribution in [-0.4, -0.2) is 43.0 Å². The Morgan fingerprint density at radius 3 is 2.68 bits per heavy atom. The molecule has 0 aromatic heterocycles. The highest BCUT2D eigenvalue weighted by atomic mass is 16.5. The van der Waals surface area contributed by atoms with Crippen LogP contribution in [0.4, 0.5) is 0 Å². The Hall–Kier alpha value is -3.12. The van der Waals surface area contributed by atoms with Crippen molar-refractivity contribution in [2.45, 2.75) is 50.9 Å². The van der Waals surface area contributed by atoms with Crippen LogP contribution >= 0.6 is 0 Å². The molecule has 5 rings (SSSR count). The molecule has 6 heteroatoms. The van der Waals surface area contributed by atoms with E-state index in [0.717, 1.165) is 36.8 Å². The molecule has 2 aliphatic heterocycles. The van der Waals surface area contributed by atoms with Crippen LogP contribution in [0.25, 0.3) is 0 Å². The largest absolute Gasteiger partial charge is 0.489 e. The number of fused-ring (bicyclic) bond motifs is 1. The number of methoxy groups -OCH3 is 1. The van der Waals surface area contributed by atoms with Gasteiger partial charge >= 0.3 is 0 Å². The van der Waals surface area contributed by atoms with E-state index in [0.29, 0.717) is 37.5 Å². The number of hydrogen-bond donors (Lipinski definition) is 0. The van der Waals surface area contributed by atoms with Crippen LogP contribution < -0.4 is 4.74 Å². The molecule has 2 aromatic carbocycles. The summed E-state index contributed by atoms with van der Waals surface area (Å²) in [4.78, 5) is 28.9. The van der Waals surface area contributed by atoms with Gasteiger partial charge in [0.1, 0.15) is 18.5 Å². The lowest BCUT2D eigenvalue weighted by Crippen LogP contribution is -2.39. The zero-order valence-electron chi connectivity index (χ0n) is 19.6. The first-order chi connectivity index (χ1) is 16.7. The van der Waals surface area contributed by atoms with Crippen molar-refractivity contribution in [3.05, 3.63) is 77.1 Å². The number of Topliss-reactive ketones (excluding diaryl/α,β-unsaturated/α-hetero) is 1. The molecule has 2 heterocycles. The summed E-state index contributed by atoms with van der Waals surface area (Å²) >= 11 is 0. The Bertz CT molecular complexity index is 1080. The van der Waals surface area contributed by atoms with Gasteiger partial charge in [-0.1, -0.05) is 48.9 Å². The van der Waals surface area contributed by atoms with E-state index in [1.54, 1.807) is 12.0 Å². The molecule has 178 valence electrons. The molecule has 3 unspecified atom stereocenters. The van der Waals surface area contributed by atoms with Crippen LogP contribution in [0.1, 0.15) is 49.3 Å². The molecule has 0 radical (unpaired) electrons. The average Bonchev–Trinajstić information content (AvgIpc) is 3.16. The van der Waals surface area contributed by atoms with Crippen molar-refractivity contribution in [3.63, 3.8) is 0 Å². The first-order valence-corrected chi connectivity index (χ1v) is 12.2. The quantitative estimate of drug-likeness (QED) is 0.538. The molecular formula is C28H31NO5. The zero-order valence-corrected chi connectivity index (χ0v) is 19.6. The third-order valence-electron chi connectivity index (χ3n) is 7.03. The summed E-state index contributed by atoms with van der Waals surface area (Å²) in [7, 11) is 1.65. The lowest BCUT2D eigenvalue weighted by Gasteiger charge is -2.35. The zero-order chi connectivity index (χ0) is 23.5. The smallest absolute Gasteiger partial charge is 0.290 e. The molecule has 0 saturated heterocycles. The van der Waals surface area contributed by atoms with Crippen molar-refractivity contribution in [3.8, 4) is 5.75 Å². The number of amides is 1. The molecule has 0 bridgehead atoms. The number of ketones is 1. The molecule has 6 nitrogen and oxygen atoms in total. The van der Waals surface area contributed by atoms with Gasteiger partial charge < -0.3 is 19.1 Å². The second kappa shape index (κ2) is 10.0. The highest BCUT2D eigenvalue weighted by molar-refractivity contribution is 6.11. The van der Waals surface area contributed by atoms with Gasteiger partial charge in [-0.25, -0.2) is 0 Å². The van der Waals surface area contributed by atoms with E-state index in [4.69, 9.17) is 14.2 Å². The second-order valence-corrected chi connectivity index (χ2v) is 9.25. The van der Waals surface area contributed by atoms with Crippen molar-refractivity contribution in [2.75, 3.05) is 20.3 Å². The summed E-state index contributed by atoms with van der Waals surface area (Å²) in [5.41, 5.74) is 2.47. The number of carbonyl (C=O) groups excluding carboxylic acids is 2. The predicted molar refractivity (Wildman–Crippen MR) is 127 cm³/mol. The molecule has 3 atom stereocenters. The molecule has 34 heavy (non-hydrogen) atoms. The molecule has 1 amide bonds. The Kier molecular flexibility index (Phi) is 6.68. The minimum atomic E-state index is -0.463. The van der Waals surface area contributed by atoms with Gasteiger partial charge in [-0.05, 0) is 48.9 Å². The molecule has 0 N–H and O–H groups in total. The van der Waals surface area contributed by atoms with Gasteiger partial charge in [0, 0.05) is 20.3 Å². The summed E-state index contributed by atoms with van der Waals surface area (Å²) in [6, 6.07) is 17.3. The van der Waals surface area contributed by atoms with Gasteiger partial charge in [0.25, 0.3) is 5.91 Å². The third kappa shape index (κ3) is 4.34. The van der Waals surface area contributed by atoms with Crippen LogP contribution in [0.3, 0.4) is 0 Å². The number of nitrogens with zero attached hydrogens (tertiary/aromatic N) is 1. The van der Waals surface area contributed by atoms with Gasteiger partial charge in [0.2, 0.25) is 0 Å². The minimum Gasteiger partial charge on any atom is -0.489 e. The molecule has 0 spiro atoms. The first-order valence-electron chi connectivity index (χ1n) is 12.2. The van der Waals surface area contributed by atoms with Gasteiger partial charge in [-0.3, -0.25) is 9.59 Å². The Morgan fingerprint density at radius 2 is 1.85 bits per heavy atom. The van der Waals surface area contributed by atoms with Crippen LogP contribution in [0.15, 0.2) is 65.9 Å². The van der Waals surface area contributed by atoms with Crippen molar-refractivity contribution in [2.24, 2.45) is 5.92 Å². The van der Waals surface area contributed by atoms with E-state index in [2.05, 4.69) is 0 Å². The SMILES string of the molecule is COCCCN1C(=O)C2=C(C(=O)C3CCCCC3O2)C1c1cccc(OCc2ccccc2)c1. The highest BCUT2D eigenvalue weighted by Gasteiger charge is 2.51. The number of ether oxygens (including phenoxy) is 3. The van der Waals surface area contributed by atoms with Crippen LogP contribution in [-0.2, 0) is 25.7 Å². The summed E-state index contributed by atoms with van der Waals surface area (Å²) in [6.07, 6.45) is 4.22. The van der Waals surface area contributed by atoms with E-state index in [1.807, 2.05) is 54.6 Å². The van der Waals surface area contributed by atoms with Crippen LogP contribution in [0, 0.1) is 5.92 Å². The van der Waals surface area contributed by atoms with Crippen molar-refractivity contribution in [1.82, 2.24) is 4.90 Å². The van der Waals surface area contributed by atoms with Gasteiger partial charge in [-0.15, -0.1) is 0 Å². The molecule has 1 aliphatic carbocycles. The highest BCUT2D eigenvalue weighted by Crippen LogP contribution is 2.47. The minimum absolute atomic E-state index is 0.0779. The third-order valence-corrected chi connectivity index (χ3v) is 7.03. The fraction of sp³-hybridized carbons (Fsp3) is 0.429. The lowest BCUT2D eigenvalue weighted by atomic mass is 9.77. The summed E-state index contributed by atoms with van der Waals surface area (Å²) < 4.78 is 17.5. The van der Waals surface area contributed by atoms with Crippen LogP contribution in [0.2, 0.25) is 0 Å². The summed E-state index contributed by atoms with van der Waals surface area (Å²) in [5, 5.41) is 0. The Labute approximate surface area is 200 Å². The number of hydrogen-bond acceptors (Lipinski definition) is 5. The van der Waals surface area contributed by atoms with E-state index < -0.39 is 6.04 Å². The molecule has 1 fully saturated rings. The number of carbonyl (C=O) groups is 2. The number of rotatable bonds is 8. The van der Waals surface area contributed by atoms with Crippen molar-refractivity contribution in [1.29, 1.82) is 0 Å². The normalized spacial score (nSPS) is 24.0. The van der Waals surface area contributed by atoms with Gasteiger partial charge in [0.05, 0.1) is 17.5 Å². The molecule has 2 aromatic rings. The monoisotopic (exact) mass is 461 g/mol. The predicted octanol–water partition coefficient (Wildman–Crippen LogP) is 4.60. The van der Waals surface area contributed by atoms with Crippen molar-refractivity contribution >= 4 is 11.7 Å². The standard InChI is InChI=1S/C28H31NO5/c1-32-16-8-15-29-25(20-11-7-12-21(17-20)33-18-19-9-3-2-4-10-19)24-26(30)22-13-5-6-14-23(22)34-27(24)28(29)31/h2-4,7,9-12,17,22-23,25H,5-6,8,13-16,18H2,1H3. The topological polar surface area (TPSA) is 65.1 Å². The Balaban J connectivity index is 1.46. The molecular weight excluding hydrogens is 430 g/mol. The number of benzene rings is 2. The lowest BCUT2D eigenvalue weighted by molar-refractivity contribution is -0.135. The first kappa shape index (κ1) is 22.7. The van der Waals surface area contributed by atoms with Gasteiger partial charge in [-0.2, -0.15) is 0 Å². The fourth-order valence-electron chi connectivity index (χ4n) is 5.36. The Morgan fingerprint density at radius 1 is 1.03 bits per heavy atom. The maximum atomic E-state index is 13.7. The second-order valence-electron chi connectivity index (χ2n) is 9.25. The van der Waals surface area contributed by atoms with E-state index in [-0.39, 0.29) is 29.5 Å². The molecule has 1 saturated carbocycles. The average molecular weight is 462 g/mol. The van der Waals surface area contributed by atoms with E-state index in [1.165, 1.54) is 0 Å². The van der Waals surface area contributed by atoms with E-state index in [9.17, 15) is 9.59 Å².